The summed E-state index contributed by atoms with van der Waals surface area (Å²) >= 11 is 0. The Morgan fingerprint density at radius 3 is 2.60 bits per heavy atom. The van der Waals surface area contributed by atoms with E-state index in [0.29, 0.717) is 18.7 Å². The van der Waals surface area contributed by atoms with Crippen LogP contribution >= 0.6 is 0 Å². The summed E-state index contributed by atoms with van der Waals surface area (Å²) in [6, 6.07) is 3.94. The summed E-state index contributed by atoms with van der Waals surface area (Å²) in [6.07, 6.45) is 0.378. The van der Waals surface area contributed by atoms with Crippen molar-refractivity contribution in [1.29, 1.82) is 0 Å². The summed E-state index contributed by atoms with van der Waals surface area (Å²) in [7, 11) is 1.99. The van der Waals surface area contributed by atoms with Gasteiger partial charge in [0.15, 0.2) is 0 Å². The minimum atomic E-state index is -0.412. The van der Waals surface area contributed by atoms with Crippen molar-refractivity contribution in [3.8, 4) is 0 Å². The fraction of sp³-hybridized carbons (Fsp3) is 0.533. The van der Waals surface area contributed by atoms with Crippen molar-refractivity contribution in [2.24, 2.45) is 5.41 Å². The monoisotopic (exact) mass is 281 g/mol. The van der Waals surface area contributed by atoms with E-state index >= 15 is 0 Å². The highest BCUT2D eigenvalue weighted by Crippen LogP contribution is 2.19. The SMILES string of the molecule is CN(CCC(=O)Nc1ccc(F)cc1N)CC(C)(C)C. The van der Waals surface area contributed by atoms with Gasteiger partial charge in [0.25, 0.3) is 0 Å². The van der Waals surface area contributed by atoms with Crippen LogP contribution in [0.3, 0.4) is 0 Å². The number of nitrogens with zero attached hydrogens (tertiary/aromatic N) is 1. The number of nitrogens with one attached hydrogen (secondary N) is 1. The molecule has 0 fully saturated rings. The summed E-state index contributed by atoms with van der Waals surface area (Å²) in [5.74, 6) is -0.533. The lowest BCUT2D eigenvalue weighted by molar-refractivity contribution is -0.116. The Labute approximate surface area is 120 Å². The molecule has 3 N–H and O–H groups in total. The Balaban J connectivity index is 2.44. The van der Waals surface area contributed by atoms with Gasteiger partial charge in [-0.2, -0.15) is 0 Å². The molecule has 20 heavy (non-hydrogen) atoms. The molecular weight excluding hydrogens is 257 g/mol. The molecule has 0 spiro atoms. The van der Waals surface area contributed by atoms with Gasteiger partial charge in [-0.05, 0) is 30.7 Å². The summed E-state index contributed by atoms with van der Waals surface area (Å²) in [4.78, 5) is 14.0. The minimum Gasteiger partial charge on any atom is -0.397 e. The zero-order chi connectivity index (χ0) is 15.3. The maximum Gasteiger partial charge on any atom is 0.225 e. The fourth-order valence-corrected chi connectivity index (χ4v) is 2.04. The van der Waals surface area contributed by atoms with Crippen LogP contribution in [-0.4, -0.2) is 30.9 Å². The maximum atomic E-state index is 12.9. The Morgan fingerprint density at radius 1 is 1.40 bits per heavy atom. The molecule has 4 nitrogen and oxygen atoms in total. The molecule has 0 aliphatic carbocycles. The Hall–Kier alpha value is -1.62. The van der Waals surface area contributed by atoms with Crippen LogP contribution in [0.15, 0.2) is 18.2 Å². The Kier molecular flexibility index (Phi) is 5.51. The first-order valence-electron chi connectivity index (χ1n) is 6.71. The number of hydrogen-bond acceptors (Lipinski definition) is 3. The lowest BCUT2D eigenvalue weighted by Crippen LogP contribution is -2.31. The van der Waals surface area contributed by atoms with Crippen LogP contribution < -0.4 is 11.1 Å². The number of rotatable bonds is 5. The first-order valence-corrected chi connectivity index (χ1v) is 6.71. The van der Waals surface area contributed by atoms with Gasteiger partial charge in [0.2, 0.25) is 5.91 Å². The topological polar surface area (TPSA) is 58.4 Å². The van der Waals surface area contributed by atoms with Crippen LogP contribution in [0.2, 0.25) is 0 Å². The summed E-state index contributed by atoms with van der Waals surface area (Å²) in [5, 5.41) is 2.70. The minimum absolute atomic E-state index is 0.121. The predicted molar refractivity (Wildman–Crippen MR) is 81.0 cm³/mol. The molecule has 1 aromatic carbocycles. The van der Waals surface area contributed by atoms with Gasteiger partial charge in [0, 0.05) is 19.5 Å². The van der Waals surface area contributed by atoms with Gasteiger partial charge in [-0.15, -0.1) is 0 Å². The number of nitrogen functional groups attached to an aromatic ring is 1. The predicted octanol–water partition coefficient (Wildman–Crippen LogP) is 2.71. The van der Waals surface area contributed by atoms with E-state index in [1.807, 2.05) is 7.05 Å². The molecule has 0 atom stereocenters. The number of carbonyl (C=O) groups excluding carboxylic acids is 1. The molecule has 0 bridgehead atoms. The average molecular weight is 281 g/mol. The average Bonchev–Trinajstić information content (AvgIpc) is 2.28. The van der Waals surface area contributed by atoms with Gasteiger partial charge in [-0.1, -0.05) is 20.8 Å². The second-order valence-corrected chi connectivity index (χ2v) is 6.33. The normalized spacial score (nSPS) is 11.7. The number of hydrogen-bond donors (Lipinski definition) is 2. The molecule has 0 aromatic heterocycles. The number of anilines is 2. The number of amides is 1. The van der Waals surface area contributed by atoms with E-state index in [1.54, 1.807) is 0 Å². The molecule has 0 radical (unpaired) electrons. The third-order valence-corrected chi connectivity index (χ3v) is 2.75. The number of benzene rings is 1. The van der Waals surface area contributed by atoms with Crippen molar-refractivity contribution in [3.63, 3.8) is 0 Å². The smallest absolute Gasteiger partial charge is 0.225 e. The Morgan fingerprint density at radius 2 is 2.05 bits per heavy atom. The van der Waals surface area contributed by atoms with Gasteiger partial charge < -0.3 is 16.0 Å². The third kappa shape index (κ3) is 6.02. The quantitative estimate of drug-likeness (QED) is 0.816. The second kappa shape index (κ2) is 6.70. The van der Waals surface area contributed by atoms with Crippen LogP contribution in [0, 0.1) is 11.2 Å². The van der Waals surface area contributed by atoms with Crippen LogP contribution in [-0.2, 0) is 4.79 Å². The highest BCUT2D eigenvalue weighted by atomic mass is 19.1. The van der Waals surface area contributed by atoms with Crippen molar-refractivity contribution in [2.45, 2.75) is 27.2 Å². The number of nitrogens with two attached hydrogens (primary N) is 1. The van der Waals surface area contributed by atoms with Gasteiger partial charge in [0.1, 0.15) is 5.82 Å². The second-order valence-electron chi connectivity index (χ2n) is 6.33. The van der Waals surface area contributed by atoms with Crippen LogP contribution in [0.5, 0.6) is 0 Å². The van der Waals surface area contributed by atoms with E-state index in [9.17, 15) is 9.18 Å². The Bertz CT molecular complexity index is 469. The van der Waals surface area contributed by atoms with Crippen molar-refractivity contribution < 1.29 is 9.18 Å². The van der Waals surface area contributed by atoms with Crippen LogP contribution in [0.4, 0.5) is 15.8 Å². The number of halogens is 1. The lowest BCUT2D eigenvalue weighted by atomic mass is 9.96. The van der Waals surface area contributed by atoms with Crippen LogP contribution in [0.25, 0.3) is 0 Å². The van der Waals surface area contributed by atoms with E-state index in [2.05, 4.69) is 31.0 Å². The first-order chi connectivity index (χ1) is 9.17. The highest BCUT2D eigenvalue weighted by Gasteiger charge is 2.14. The highest BCUT2D eigenvalue weighted by molar-refractivity contribution is 5.93. The van der Waals surface area contributed by atoms with Crippen molar-refractivity contribution in [2.75, 3.05) is 31.2 Å². The van der Waals surface area contributed by atoms with E-state index < -0.39 is 5.82 Å². The van der Waals surface area contributed by atoms with E-state index in [0.717, 1.165) is 6.54 Å². The molecule has 1 amide bonds. The molecule has 1 aromatic rings. The van der Waals surface area contributed by atoms with Gasteiger partial charge in [-0.3, -0.25) is 4.79 Å². The number of carbonyl (C=O) groups is 1. The van der Waals surface area contributed by atoms with Crippen molar-refractivity contribution in [1.82, 2.24) is 4.90 Å². The van der Waals surface area contributed by atoms with E-state index in [4.69, 9.17) is 5.73 Å². The molecule has 0 aliphatic rings. The molecule has 1 rings (SSSR count). The summed E-state index contributed by atoms with van der Waals surface area (Å²) in [5.41, 5.74) is 6.54. The molecule has 0 aliphatic heterocycles. The largest absolute Gasteiger partial charge is 0.397 e. The molecule has 0 heterocycles. The fourth-order valence-electron chi connectivity index (χ4n) is 2.04. The molecule has 0 saturated carbocycles. The zero-order valence-corrected chi connectivity index (χ0v) is 12.7. The molecule has 112 valence electrons. The summed E-state index contributed by atoms with van der Waals surface area (Å²) < 4.78 is 12.9. The van der Waals surface area contributed by atoms with E-state index in [1.165, 1.54) is 18.2 Å². The van der Waals surface area contributed by atoms with Crippen LogP contribution in [0.1, 0.15) is 27.2 Å². The van der Waals surface area contributed by atoms with Gasteiger partial charge in [-0.25, -0.2) is 4.39 Å². The van der Waals surface area contributed by atoms with Gasteiger partial charge >= 0.3 is 0 Å². The standard InChI is InChI=1S/C15H24FN3O/c1-15(2,3)10-19(4)8-7-14(20)18-13-6-5-11(16)9-12(13)17/h5-6,9H,7-8,10,17H2,1-4H3,(H,18,20). The first kappa shape index (κ1) is 16.4. The molecule has 0 unspecified atom stereocenters. The molecular formula is C15H24FN3O. The molecule has 5 heteroatoms. The van der Waals surface area contributed by atoms with Crippen molar-refractivity contribution in [3.05, 3.63) is 24.0 Å². The summed E-state index contributed by atoms with van der Waals surface area (Å²) in [6.45, 7) is 8.05. The maximum absolute atomic E-state index is 12.9. The van der Waals surface area contributed by atoms with Crippen molar-refractivity contribution >= 4 is 17.3 Å². The lowest BCUT2D eigenvalue weighted by Gasteiger charge is -2.26. The molecule has 0 saturated heterocycles. The third-order valence-electron chi connectivity index (χ3n) is 2.75. The van der Waals surface area contributed by atoms with E-state index in [-0.39, 0.29) is 17.0 Å². The van der Waals surface area contributed by atoms with Gasteiger partial charge in [0.05, 0.1) is 11.4 Å². The zero-order valence-electron chi connectivity index (χ0n) is 12.7.